The van der Waals surface area contributed by atoms with Crippen LogP contribution in [0.1, 0.15) is 43.4 Å². The van der Waals surface area contributed by atoms with E-state index in [0.29, 0.717) is 6.61 Å². The van der Waals surface area contributed by atoms with Crippen LogP contribution in [0.15, 0.2) is 100 Å². The molecule has 166 valence electrons. The zero-order valence-corrected chi connectivity index (χ0v) is 20.7. The molecule has 0 bridgehead atoms. The molecule has 1 atom stereocenters. The van der Waals surface area contributed by atoms with Gasteiger partial charge in [-0.15, -0.1) is 0 Å². The van der Waals surface area contributed by atoms with Gasteiger partial charge in [0.2, 0.25) is 0 Å². The van der Waals surface area contributed by atoms with E-state index in [-0.39, 0.29) is 6.10 Å². The third-order valence-corrected chi connectivity index (χ3v) is 7.01. The molecule has 3 nitrogen and oxygen atoms in total. The zero-order chi connectivity index (χ0) is 22.6. The second-order valence-corrected chi connectivity index (χ2v) is 9.89. The molecule has 0 amide bonds. The van der Waals surface area contributed by atoms with Crippen LogP contribution in [0.4, 0.5) is 0 Å². The molecule has 0 fully saturated rings. The van der Waals surface area contributed by atoms with Crippen LogP contribution in [0.5, 0.6) is 0 Å². The van der Waals surface area contributed by atoms with Crippen LogP contribution < -0.4 is 0 Å². The van der Waals surface area contributed by atoms with E-state index in [4.69, 9.17) is 9.47 Å². The van der Waals surface area contributed by atoms with Gasteiger partial charge in [-0.25, -0.2) is 0 Å². The predicted molar refractivity (Wildman–Crippen MR) is 137 cm³/mol. The molecule has 0 aromatic heterocycles. The summed E-state index contributed by atoms with van der Waals surface area (Å²) in [6.07, 6.45) is 1.65. The topological polar surface area (TPSA) is 38.7 Å². The van der Waals surface area contributed by atoms with Gasteiger partial charge in [-0.3, -0.25) is 0 Å². The van der Waals surface area contributed by atoms with Gasteiger partial charge in [0.05, 0.1) is 12.7 Å². The van der Waals surface area contributed by atoms with Crippen LogP contribution in [0, 0.1) is 0 Å². The average molecular weight is 540 g/mol. The molecule has 0 saturated carbocycles. The Balaban J connectivity index is 1.79. The summed E-state index contributed by atoms with van der Waals surface area (Å²) in [5, 5.41) is 10.3. The average Bonchev–Trinajstić information content (AvgIpc) is 3.14. The molecule has 0 radical (unpaired) electrons. The van der Waals surface area contributed by atoms with Gasteiger partial charge in [0.25, 0.3) is 0 Å². The van der Waals surface area contributed by atoms with Crippen molar-refractivity contribution in [3.8, 4) is 0 Å². The Bertz CT molecular complexity index is 944. The van der Waals surface area contributed by atoms with Gasteiger partial charge in [0.15, 0.2) is 5.79 Å². The summed E-state index contributed by atoms with van der Waals surface area (Å²) in [4.78, 5) is 0. The first-order valence-electron chi connectivity index (χ1n) is 11.0. The third kappa shape index (κ3) is 4.99. The van der Waals surface area contributed by atoms with Crippen LogP contribution in [0.25, 0.3) is 0 Å². The molecule has 1 aliphatic rings. The summed E-state index contributed by atoms with van der Waals surface area (Å²) in [7, 11) is 0. The summed E-state index contributed by atoms with van der Waals surface area (Å²) < 4.78 is 14.2. The monoisotopic (exact) mass is 540 g/mol. The summed E-state index contributed by atoms with van der Waals surface area (Å²) in [5.41, 5.74) is 3.57. The Hall–Kier alpha value is -1.99. The van der Waals surface area contributed by atoms with Crippen molar-refractivity contribution in [2.45, 2.75) is 44.2 Å². The maximum Gasteiger partial charge on any atom is 0.160 e. The fraction of sp³-hybridized carbons (Fsp3) is 0.286. The number of ether oxygens (including phenoxy) is 2. The number of hydrogen-bond acceptors (Lipinski definition) is 3. The van der Waals surface area contributed by atoms with Crippen molar-refractivity contribution < 1.29 is 14.6 Å². The highest BCUT2D eigenvalue weighted by Crippen LogP contribution is 2.43. The van der Waals surface area contributed by atoms with Crippen molar-refractivity contribution in [3.05, 3.63) is 117 Å². The SMILES string of the molecule is CC(C)(O)O[C@H]1CCC(I)=C1COC(c1ccccc1)(c1ccccc1)c1ccccc1. The van der Waals surface area contributed by atoms with E-state index in [0.717, 1.165) is 35.1 Å². The molecule has 0 spiro atoms. The largest absolute Gasteiger partial charge is 0.366 e. The number of benzene rings is 3. The Kier molecular flexibility index (Phi) is 7.15. The maximum absolute atomic E-state index is 10.3. The fourth-order valence-corrected chi connectivity index (χ4v) is 5.19. The lowest BCUT2D eigenvalue weighted by Crippen LogP contribution is -2.36. The minimum absolute atomic E-state index is 0.151. The van der Waals surface area contributed by atoms with Crippen molar-refractivity contribution in [3.63, 3.8) is 0 Å². The quantitative estimate of drug-likeness (QED) is 0.199. The van der Waals surface area contributed by atoms with Crippen molar-refractivity contribution in [1.82, 2.24) is 0 Å². The smallest absolute Gasteiger partial charge is 0.160 e. The molecule has 0 heterocycles. The van der Waals surface area contributed by atoms with E-state index in [1.165, 1.54) is 3.58 Å². The van der Waals surface area contributed by atoms with E-state index in [1.807, 2.05) is 18.2 Å². The Morgan fingerprint density at radius 3 is 1.66 bits per heavy atom. The van der Waals surface area contributed by atoms with Crippen molar-refractivity contribution in [2.75, 3.05) is 6.61 Å². The minimum Gasteiger partial charge on any atom is -0.366 e. The number of halogens is 1. The lowest BCUT2D eigenvalue weighted by atomic mass is 9.80. The van der Waals surface area contributed by atoms with Crippen LogP contribution in [0.3, 0.4) is 0 Å². The molecule has 4 rings (SSSR count). The molecular formula is C28H29IO3. The predicted octanol–water partition coefficient (Wildman–Crippen LogP) is 6.59. The molecule has 4 heteroatoms. The molecule has 0 unspecified atom stereocenters. The summed E-state index contributed by atoms with van der Waals surface area (Å²) >= 11 is 2.39. The Labute approximate surface area is 204 Å². The molecule has 1 aliphatic carbocycles. The minimum atomic E-state index is -1.19. The normalized spacial score (nSPS) is 17.1. The lowest BCUT2D eigenvalue weighted by molar-refractivity contribution is -0.198. The standard InChI is InChI=1S/C28H29IO3/c1-27(2,30)32-26-19-18-25(29)24(26)20-31-28(21-12-6-3-7-13-21,22-14-8-4-9-15-22)23-16-10-5-11-17-23/h3-17,26,30H,18-20H2,1-2H3/t26-/m0/s1. The van der Waals surface area contributed by atoms with Crippen molar-refractivity contribution in [2.24, 2.45) is 0 Å². The summed E-state index contributed by atoms with van der Waals surface area (Å²) in [5.74, 6) is -1.19. The molecular weight excluding hydrogens is 511 g/mol. The molecule has 3 aromatic rings. The second kappa shape index (κ2) is 9.87. The Morgan fingerprint density at radius 2 is 1.25 bits per heavy atom. The number of allylic oxidation sites excluding steroid dienone is 1. The number of hydrogen-bond donors (Lipinski definition) is 1. The van der Waals surface area contributed by atoms with Crippen LogP contribution in [-0.2, 0) is 15.1 Å². The van der Waals surface area contributed by atoms with Crippen LogP contribution >= 0.6 is 22.6 Å². The maximum atomic E-state index is 10.3. The molecule has 0 aliphatic heterocycles. The molecule has 1 N–H and O–H groups in total. The van der Waals surface area contributed by atoms with Crippen LogP contribution in [0.2, 0.25) is 0 Å². The lowest BCUT2D eigenvalue weighted by Gasteiger charge is -2.37. The van der Waals surface area contributed by atoms with Gasteiger partial charge in [0, 0.05) is 0 Å². The highest BCUT2D eigenvalue weighted by atomic mass is 127. The first-order chi connectivity index (χ1) is 15.4. The van der Waals surface area contributed by atoms with Crippen LogP contribution in [-0.4, -0.2) is 23.6 Å². The van der Waals surface area contributed by atoms with Gasteiger partial charge in [-0.2, -0.15) is 0 Å². The van der Waals surface area contributed by atoms with Crippen molar-refractivity contribution in [1.29, 1.82) is 0 Å². The van der Waals surface area contributed by atoms with Gasteiger partial charge < -0.3 is 14.6 Å². The van der Waals surface area contributed by atoms with E-state index in [2.05, 4.69) is 95.4 Å². The van der Waals surface area contributed by atoms with E-state index in [1.54, 1.807) is 13.8 Å². The summed E-state index contributed by atoms with van der Waals surface area (Å²) in [6, 6.07) is 31.1. The van der Waals surface area contributed by atoms with Crippen molar-refractivity contribution >= 4 is 22.6 Å². The van der Waals surface area contributed by atoms with E-state index < -0.39 is 11.4 Å². The van der Waals surface area contributed by atoms with Gasteiger partial charge in [-0.05, 0) is 75.1 Å². The highest BCUT2D eigenvalue weighted by Gasteiger charge is 2.39. The first-order valence-corrected chi connectivity index (χ1v) is 12.1. The van der Waals surface area contributed by atoms with Gasteiger partial charge in [0.1, 0.15) is 5.60 Å². The van der Waals surface area contributed by atoms with E-state index in [9.17, 15) is 5.11 Å². The number of aliphatic hydroxyl groups is 1. The number of rotatable bonds is 8. The zero-order valence-electron chi connectivity index (χ0n) is 18.5. The fourth-order valence-electron chi connectivity index (χ4n) is 4.37. The third-order valence-electron chi connectivity index (χ3n) is 5.78. The summed E-state index contributed by atoms with van der Waals surface area (Å²) in [6.45, 7) is 3.77. The molecule has 0 saturated heterocycles. The first kappa shape index (κ1) is 23.2. The second-order valence-electron chi connectivity index (χ2n) is 8.59. The van der Waals surface area contributed by atoms with Gasteiger partial charge in [-0.1, -0.05) is 91.0 Å². The molecule has 32 heavy (non-hydrogen) atoms. The van der Waals surface area contributed by atoms with E-state index >= 15 is 0 Å². The highest BCUT2D eigenvalue weighted by molar-refractivity contribution is 14.1. The molecule has 3 aromatic carbocycles. The van der Waals surface area contributed by atoms with Gasteiger partial charge >= 0.3 is 0 Å². The Morgan fingerprint density at radius 1 is 0.812 bits per heavy atom.